The van der Waals surface area contributed by atoms with E-state index in [0.29, 0.717) is 18.8 Å². The largest absolute Gasteiger partial charge is 0.481 e. The van der Waals surface area contributed by atoms with Crippen molar-refractivity contribution in [3.05, 3.63) is 41.5 Å². The number of likely N-dealkylation sites (tertiary alicyclic amines) is 1. The molecule has 1 fully saturated rings. The van der Waals surface area contributed by atoms with Gasteiger partial charge in [-0.3, -0.25) is 9.59 Å². The van der Waals surface area contributed by atoms with Crippen LogP contribution in [-0.2, 0) is 20.7 Å². The second kappa shape index (κ2) is 8.42. The summed E-state index contributed by atoms with van der Waals surface area (Å²) in [6, 6.07) is 4.62. The summed E-state index contributed by atoms with van der Waals surface area (Å²) < 4.78 is 20.0. The van der Waals surface area contributed by atoms with E-state index in [0.717, 1.165) is 5.56 Å². The van der Waals surface area contributed by atoms with Gasteiger partial charge in [-0.2, -0.15) is 0 Å². The summed E-state index contributed by atoms with van der Waals surface area (Å²) in [5.41, 5.74) is 0.743. The number of carboxylic acids is 1. The molecule has 9 nitrogen and oxygen atoms in total. The molecule has 3 rings (SSSR count). The van der Waals surface area contributed by atoms with Gasteiger partial charge in [-0.25, -0.2) is 9.07 Å². The molecule has 1 aliphatic heterocycles. The lowest BCUT2D eigenvalue weighted by Gasteiger charge is -2.28. The number of hydrogen-bond donors (Lipinski definition) is 1. The van der Waals surface area contributed by atoms with E-state index in [2.05, 4.69) is 15.5 Å². The van der Waals surface area contributed by atoms with Crippen molar-refractivity contribution in [3.63, 3.8) is 0 Å². The number of ether oxygens (including phenoxy) is 1. The van der Waals surface area contributed by atoms with Crippen LogP contribution in [0.3, 0.4) is 0 Å². The molecule has 0 saturated carbocycles. The van der Waals surface area contributed by atoms with Crippen LogP contribution in [0.5, 0.6) is 0 Å². The number of methoxy groups -OCH3 is 1. The zero-order valence-corrected chi connectivity index (χ0v) is 15.7. The molecule has 1 aromatic carbocycles. The van der Waals surface area contributed by atoms with Gasteiger partial charge in [0.2, 0.25) is 5.91 Å². The predicted octanol–water partition coefficient (Wildman–Crippen LogP) is 0.995. The molecule has 1 N–H and O–H groups in total. The van der Waals surface area contributed by atoms with E-state index in [4.69, 9.17) is 4.74 Å². The van der Waals surface area contributed by atoms with E-state index < -0.39 is 18.1 Å². The fourth-order valence-electron chi connectivity index (χ4n) is 3.55. The molecule has 150 valence electrons. The van der Waals surface area contributed by atoms with Crippen LogP contribution < -0.4 is 0 Å². The van der Waals surface area contributed by atoms with Gasteiger partial charge in [-0.15, -0.1) is 5.10 Å². The van der Waals surface area contributed by atoms with E-state index in [1.165, 1.54) is 28.8 Å². The number of aliphatic carboxylic acids is 1. The highest BCUT2D eigenvalue weighted by Gasteiger charge is 2.40. The molecule has 3 atom stereocenters. The molecule has 10 heteroatoms. The minimum absolute atomic E-state index is 0.163. The molecule has 0 spiro atoms. The molecule has 0 aliphatic carbocycles. The molecule has 1 amide bonds. The highest BCUT2D eigenvalue weighted by Crippen LogP contribution is 2.27. The number of tetrazole rings is 1. The van der Waals surface area contributed by atoms with Crippen LogP contribution in [0.2, 0.25) is 0 Å². The number of carbonyl (C=O) groups is 2. The van der Waals surface area contributed by atoms with Crippen molar-refractivity contribution in [3.8, 4) is 0 Å². The zero-order chi connectivity index (χ0) is 20.3. The maximum absolute atomic E-state index is 13.4. The summed E-state index contributed by atoms with van der Waals surface area (Å²) in [5, 5.41) is 20.6. The second-order valence-corrected chi connectivity index (χ2v) is 6.85. The molecule has 3 unspecified atom stereocenters. The van der Waals surface area contributed by atoms with Gasteiger partial charge in [0.05, 0.1) is 12.5 Å². The van der Waals surface area contributed by atoms with Crippen LogP contribution in [0.15, 0.2) is 24.3 Å². The topological polar surface area (TPSA) is 110 Å². The van der Waals surface area contributed by atoms with Crippen LogP contribution >= 0.6 is 0 Å². The standard InChI is InChI=1S/C18H22FN5O4/c1-11-20-21-22-24(11)16(7-12-3-5-13(19)6-4-12)18(27)23-10-15(28-2)8-14(23)9-17(25)26/h3-6,14-16H,7-10H2,1-2H3,(H,25,26). The Labute approximate surface area is 161 Å². The van der Waals surface area contributed by atoms with Gasteiger partial charge in [0.1, 0.15) is 17.7 Å². The monoisotopic (exact) mass is 391 g/mol. The van der Waals surface area contributed by atoms with Crippen LogP contribution in [0.4, 0.5) is 4.39 Å². The van der Waals surface area contributed by atoms with Crippen molar-refractivity contribution in [2.45, 2.75) is 44.4 Å². The Morgan fingerprint density at radius 1 is 1.36 bits per heavy atom. The maximum Gasteiger partial charge on any atom is 0.305 e. The SMILES string of the molecule is COC1CC(CC(=O)O)N(C(=O)C(Cc2ccc(F)cc2)n2nnnc2C)C1. The van der Waals surface area contributed by atoms with Crippen LogP contribution in [0.25, 0.3) is 0 Å². The average Bonchev–Trinajstić information content (AvgIpc) is 3.26. The first-order valence-corrected chi connectivity index (χ1v) is 8.93. The molecule has 1 aromatic heterocycles. The van der Waals surface area contributed by atoms with Gasteiger partial charge < -0.3 is 14.7 Å². The quantitative estimate of drug-likeness (QED) is 0.749. The summed E-state index contributed by atoms with van der Waals surface area (Å²) in [6.45, 7) is 1.98. The summed E-state index contributed by atoms with van der Waals surface area (Å²) in [4.78, 5) is 26.2. The molecular weight excluding hydrogens is 369 g/mol. The highest BCUT2D eigenvalue weighted by atomic mass is 19.1. The third-order valence-electron chi connectivity index (χ3n) is 4.98. The Morgan fingerprint density at radius 3 is 2.64 bits per heavy atom. The first-order valence-electron chi connectivity index (χ1n) is 8.93. The summed E-state index contributed by atoms with van der Waals surface area (Å²) in [5.74, 6) is -1.18. The number of aromatic nitrogens is 4. The van der Waals surface area contributed by atoms with Crippen LogP contribution in [0, 0.1) is 12.7 Å². The third-order valence-corrected chi connectivity index (χ3v) is 4.98. The summed E-state index contributed by atoms with van der Waals surface area (Å²) >= 11 is 0. The average molecular weight is 391 g/mol. The second-order valence-electron chi connectivity index (χ2n) is 6.85. The van der Waals surface area contributed by atoms with Crippen molar-refractivity contribution >= 4 is 11.9 Å². The zero-order valence-electron chi connectivity index (χ0n) is 15.7. The molecule has 28 heavy (non-hydrogen) atoms. The van der Waals surface area contributed by atoms with E-state index in [9.17, 15) is 19.1 Å². The normalized spacial score (nSPS) is 20.3. The molecule has 1 aliphatic rings. The van der Waals surface area contributed by atoms with Gasteiger partial charge in [-0.05, 0) is 41.5 Å². The van der Waals surface area contributed by atoms with Crippen molar-refractivity contribution in [2.24, 2.45) is 0 Å². The van der Waals surface area contributed by atoms with E-state index >= 15 is 0 Å². The van der Waals surface area contributed by atoms with Crippen LogP contribution in [-0.4, -0.2) is 67.9 Å². The lowest BCUT2D eigenvalue weighted by Crippen LogP contribution is -2.43. The maximum atomic E-state index is 13.4. The molecule has 2 aromatic rings. The van der Waals surface area contributed by atoms with Gasteiger partial charge >= 0.3 is 5.97 Å². The number of halogens is 1. The smallest absolute Gasteiger partial charge is 0.305 e. The lowest BCUT2D eigenvalue weighted by molar-refractivity contribution is -0.141. The van der Waals surface area contributed by atoms with Crippen LogP contribution in [0.1, 0.15) is 30.3 Å². The van der Waals surface area contributed by atoms with E-state index in [1.807, 2.05) is 0 Å². The van der Waals surface area contributed by atoms with Gasteiger partial charge in [-0.1, -0.05) is 12.1 Å². The molecular formula is C18H22FN5O4. The van der Waals surface area contributed by atoms with E-state index in [-0.39, 0.29) is 30.7 Å². The van der Waals surface area contributed by atoms with Crippen molar-refractivity contribution < 1.29 is 23.8 Å². The first kappa shape index (κ1) is 19.9. The summed E-state index contributed by atoms with van der Waals surface area (Å²) in [6.07, 6.45) is 0.309. The Hall–Kier alpha value is -2.88. The molecule has 2 heterocycles. The Bertz CT molecular complexity index is 841. The highest BCUT2D eigenvalue weighted by molar-refractivity contribution is 5.82. The van der Waals surface area contributed by atoms with Gasteiger partial charge in [0.15, 0.2) is 0 Å². The predicted molar refractivity (Wildman–Crippen MR) is 94.9 cm³/mol. The minimum Gasteiger partial charge on any atom is -0.481 e. The fraction of sp³-hybridized carbons (Fsp3) is 0.500. The summed E-state index contributed by atoms with van der Waals surface area (Å²) in [7, 11) is 1.54. The number of benzene rings is 1. The number of carboxylic acid groups (broad SMARTS) is 1. The third kappa shape index (κ3) is 4.33. The van der Waals surface area contributed by atoms with Crippen molar-refractivity contribution in [1.29, 1.82) is 0 Å². The van der Waals surface area contributed by atoms with E-state index in [1.54, 1.807) is 19.1 Å². The molecule has 0 bridgehead atoms. The number of rotatable bonds is 7. The number of carbonyl (C=O) groups excluding carboxylic acids is 1. The Kier molecular flexibility index (Phi) is 5.98. The minimum atomic E-state index is -0.978. The first-order chi connectivity index (χ1) is 13.4. The Morgan fingerprint density at radius 2 is 2.07 bits per heavy atom. The molecule has 0 radical (unpaired) electrons. The lowest BCUT2D eigenvalue weighted by atomic mass is 10.0. The number of nitrogens with zero attached hydrogens (tertiary/aromatic N) is 5. The molecule has 1 saturated heterocycles. The number of hydrogen-bond acceptors (Lipinski definition) is 6. The number of amides is 1. The van der Waals surface area contributed by atoms with Gasteiger partial charge in [0, 0.05) is 26.1 Å². The number of aryl methyl sites for hydroxylation is 1. The van der Waals surface area contributed by atoms with Gasteiger partial charge in [0.25, 0.3) is 0 Å². The Balaban J connectivity index is 1.90. The van der Waals surface area contributed by atoms with Crippen molar-refractivity contribution in [2.75, 3.05) is 13.7 Å². The van der Waals surface area contributed by atoms with Crippen molar-refractivity contribution in [1.82, 2.24) is 25.1 Å². The fourth-order valence-corrected chi connectivity index (χ4v) is 3.55.